The zero-order valence-electron chi connectivity index (χ0n) is 14.3. The van der Waals surface area contributed by atoms with E-state index in [1.54, 1.807) is 6.21 Å². The molecule has 0 aliphatic heterocycles. The lowest BCUT2D eigenvalue weighted by molar-refractivity contribution is 0.487. The second kappa shape index (κ2) is 12.2. The Kier molecular flexibility index (Phi) is 11.4. The summed E-state index contributed by atoms with van der Waals surface area (Å²) in [6.07, 6.45) is 12.8. The molecular weight excluding hydrogens is 258 g/mol. The standard InChI is InChI=1S/C18H33N3/c1-6-8-10-17(15(3)4)11-12-18(9-7-2)21-16(5)13-14-20-19/h10,13-14,18,21H,3,6-9,11-12,19H2,1-2,4-5H3/b16-13-,17-10-,20-14-. The molecule has 1 unspecified atom stereocenters. The van der Waals surface area contributed by atoms with Crippen LogP contribution in [0.25, 0.3) is 0 Å². The van der Waals surface area contributed by atoms with E-state index in [1.165, 1.54) is 30.4 Å². The van der Waals surface area contributed by atoms with Gasteiger partial charge in [-0.05, 0) is 51.2 Å². The number of hydrogen-bond donors (Lipinski definition) is 2. The Hall–Kier alpha value is -1.51. The Labute approximate surface area is 131 Å². The lowest BCUT2D eigenvalue weighted by atomic mass is 9.97. The van der Waals surface area contributed by atoms with E-state index in [4.69, 9.17) is 5.84 Å². The van der Waals surface area contributed by atoms with Crippen molar-refractivity contribution in [2.45, 2.75) is 72.3 Å². The Morgan fingerprint density at radius 2 is 1.95 bits per heavy atom. The Morgan fingerprint density at radius 1 is 1.24 bits per heavy atom. The van der Waals surface area contributed by atoms with Crippen molar-refractivity contribution >= 4 is 6.21 Å². The number of nitrogens with zero attached hydrogens (tertiary/aromatic N) is 1. The van der Waals surface area contributed by atoms with Crippen LogP contribution in [0.5, 0.6) is 0 Å². The van der Waals surface area contributed by atoms with Gasteiger partial charge >= 0.3 is 0 Å². The molecule has 0 spiro atoms. The predicted molar refractivity (Wildman–Crippen MR) is 95.3 cm³/mol. The number of nitrogens with two attached hydrogens (primary N) is 1. The van der Waals surface area contributed by atoms with Crippen LogP contribution in [-0.2, 0) is 0 Å². The van der Waals surface area contributed by atoms with Crippen LogP contribution in [0.2, 0.25) is 0 Å². The minimum atomic E-state index is 0.488. The predicted octanol–water partition coefficient (Wildman–Crippen LogP) is 4.68. The van der Waals surface area contributed by atoms with Crippen molar-refractivity contribution in [1.29, 1.82) is 0 Å². The highest BCUT2D eigenvalue weighted by Crippen LogP contribution is 2.18. The molecule has 1 atom stereocenters. The van der Waals surface area contributed by atoms with Gasteiger partial charge in [-0.2, -0.15) is 5.10 Å². The third-order valence-electron chi connectivity index (χ3n) is 3.47. The molecule has 0 aromatic carbocycles. The highest BCUT2D eigenvalue weighted by Gasteiger charge is 2.09. The van der Waals surface area contributed by atoms with E-state index >= 15 is 0 Å². The average molecular weight is 291 g/mol. The number of nitrogens with one attached hydrogen (secondary N) is 1. The maximum Gasteiger partial charge on any atom is 0.0482 e. The number of rotatable bonds is 11. The van der Waals surface area contributed by atoms with Crippen molar-refractivity contribution in [3.05, 3.63) is 35.6 Å². The summed E-state index contributed by atoms with van der Waals surface area (Å²) < 4.78 is 0. The molecule has 0 bridgehead atoms. The molecular formula is C18H33N3. The summed E-state index contributed by atoms with van der Waals surface area (Å²) in [6.45, 7) is 12.7. The fourth-order valence-corrected chi connectivity index (χ4v) is 2.30. The SMILES string of the molecule is C=C(C)/C(=C\CCC)CCC(CCC)N/C(C)=C\C=N/N. The van der Waals surface area contributed by atoms with Crippen LogP contribution in [0.3, 0.4) is 0 Å². The summed E-state index contributed by atoms with van der Waals surface area (Å²) >= 11 is 0. The molecule has 3 nitrogen and oxygen atoms in total. The van der Waals surface area contributed by atoms with Gasteiger partial charge in [0, 0.05) is 18.0 Å². The van der Waals surface area contributed by atoms with E-state index in [2.05, 4.69) is 50.8 Å². The first kappa shape index (κ1) is 19.5. The summed E-state index contributed by atoms with van der Waals surface area (Å²) in [5, 5.41) is 7.06. The lowest BCUT2D eigenvalue weighted by Gasteiger charge is -2.20. The molecule has 0 aromatic heterocycles. The van der Waals surface area contributed by atoms with E-state index < -0.39 is 0 Å². The van der Waals surface area contributed by atoms with Gasteiger partial charge in [-0.25, -0.2) is 0 Å². The van der Waals surface area contributed by atoms with E-state index in [0.717, 1.165) is 25.0 Å². The Bertz CT molecular complexity index is 378. The molecule has 0 amide bonds. The van der Waals surface area contributed by atoms with Gasteiger partial charge in [0.15, 0.2) is 0 Å². The van der Waals surface area contributed by atoms with E-state index in [9.17, 15) is 0 Å². The smallest absolute Gasteiger partial charge is 0.0482 e. The van der Waals surface area contributed by atoms with Crippen molar-refractivity contribution in [2.75, 3.05) is 0 Å². The molecule has 3 heteroatoms. The van der Waals surface area contributed by atoms with Crippen LogP contribution >= 0.6 is 0 Å². The van der Waals surface area contributed by atoms with Crippen LogP contribution in [-0.4, -0.2) is 12.3 Å². The first-order valence-electron chi connectivity index (χ1n) is 8.06. The third kappa shape index (κ3) is 9.94. The number of allylic oxidation sites excluding steroid dienone is 5. The van der Waals surface area contributed by atoms with Gasteiger partial charge < -0.3 is 11.2 Å². The van der Waals surface area contributed by atoms with Crippen molar-refractivity contribution < 1.29 is 0 Å². The largest absolute Gasteiger partial charge is 0.386 e. The quantitative estimate of drug-likeness (QED) is 0.251. The van der Waals surface area contributed by atoms with Crippen LogP contribution in [0, 0.1) is 0 Å². The van der Waals surface area contributed by atoms with E-state index in [0.29, 0.717) is 6.04 Å². The highest BCUT2D eigenvalue weighted by molar-refractivity contribution is 5.71. The first-order valence-corrected chi connectivity index (χ1v) is 8.06. The molecule has 0 heterocycles. The first-order chi connectivity index (χ1) is 10.0. The number of hydrogen-bond acceptors (Lipinski definition) is 3. The van der Waals surface area contributed by atoms with Crippen LogP contribution in [0.15, 0.2) is 40.7 Å². The molecule has 0 aliphatic rings. The van der Waals surface area contributed by atoms with Gasteiger partial charge in [0.25, 0.3) is 0 Å². The molecule has 0 saturated heterocycles. The average Bonchev–Trinajstić information content (AvgIpc) is 2.44. The molecule has 0 rings (SSSR count). The molecule has 0 saturated carbocycles. The monoisotopic (exact) mass is 291 g/mol. The summed E-state index contributed by atoms with van der Waals surface area (Å²) in [4.78, 5) is 0. The molecule has 21 heavy (non-hydrogen) atoms. The van der Waals surface area contributed by atoms with E-state index in [-0.39, 0.29) is 0 Å². The van der Waals surface area contributed by atoms with Crippen molar-refractivity contribution in [2.24, 2.45) is 10.9 Å². The fourth-order valence-electron chi connectivity index (χ4n) is 2.30. The summed E-state index contributed by atoms with van der Waals surface area (Å²) in [5.41, 5.74) is 3.71. The molecule has 3 N–H and O–H groups in total. The van der Waals surface area contributed by atoms with Crippen LogP contribution in [0.1, 0.15) is 66.2 Å². The number of unbranched alkanes of at least 4 members (excludes halogenated alkanes) is 1. The van der Waals surface area contributed by atoms with Gasteiger partial charge in [-0.3, -0.25) is 0 Å². The molecule has 0 radical (unpaired) electrons. The number of hydrazone groups is 1. The lowest BCUT2D eigenvalue weighted by Crippen LogP contribution is -2.27. The minimum absolute atomic E-state index is 0.488. The Morgan fingerprint density at radius 3 is 2.48 bits per heavy atom. The minimum Gasteiger partial charge on any atom is -0.386 e. The Balaban J connectivity index is 4.58. The summed E-state index contributed by atoms with van der Waals surface area (Å²) in [7, 11) is 0. The van der Waals surface area contributed by atoms with Crippen LogP contribution < -0.4 is 11.2 Å². The zero-order chi connectivity index (χ0) is 16.1. The van der Waals surface area contributed by atoms with Gasteiger partial charge in [0.1, 0.15) is 0 Å². The topological polar surface area (TPSA) is 50.4 Å². The maximum atomic E-state index is 5.12. The second-order valence-corrected chi connectivity index (χ2v) is 5.61. The molecule has 0 aromatic rings. The maximum absolute atomic E-state index is 5.12. The van der Waals surface area contributed by atoms with E-state index in [1.807, 2.05) is 6.08 Å². The van der Waals surface area contributed by atoms with Crippen molar-refractivity contribution in [3.63, 3.8) is 0 Å². The molecule has 0 fully saturated rings. The zero-order valence-corrected chi connectivity index (χ0v) is 14.3. The van der Waals surface area contributed by atoms with Crippen LogP contribution in [0.4, 0.5) is 0 Å². The summed E-state index contributed by atoms with van der Waals surface area (Å²) in [5.74, 6) is 5.12. The van der Waals surface area contributed by atoms with Gasteiger partial charge in [0.05, 0.1) is 0 Å². The van der Waals surface area contributed by atoms with Gasteiger partial charge in [0.2, 0.25) is 0 Å². The van der Waals surface area contributed by atoms with Crippen molar-refractivity contribution in [3.8, 4) is 0 Å². The molecule has 120 valence electrons. The highest BCUT2D eigenvalue weighted by atomic mass is 15.1. The van der Waals surface area contributed by atoms with Gasteiger partial charge in [-0.1, -0.05) is 44.9 Å². The van der Waals surface area contributed by atoms with Crippen molar-refractivity contribution in [1.82, 2.24) is 5.32 Å². The second-order valence-electron chi connectivity index (χ2n) is 5.61. The summed E-state index contributed by atoms with van der Waals surface area (Å²) in [6, 6.07) is 0.488. The third-order valence-corrected chi connectivity index (χ3v) is 3.47. The fraction of sp³-hybridized carbons (Fsp3) is 0.611. The normalized spacial score (nSPS) is 14.5. The van der Waals surface area contributed by atoms with Gasteiger partial charge in [-0.15, -0.1) is 0 Å². The molecule has 0 aliphatic carbocycles.